The van der Waals surface area contributed by atoms with Crippen LogP contribution in [0.3, 0.4) is 0 Å². The van der Waals surface area contributed by atoms with E-state index >= 15 is 0 Å². The number of aliphatic hydroxyl groups is 1. The minimum Gasteiger partial charge on any atom is -0.392 e. The van der Waals surface area contributed by atoms with E-state index in [4.69, 9.17) is 0 Å². The third-order valence-corrected chi connectivity index (χ3v) is 3.20. The normalized spacial score (nSPS) is 23.6. The average molecular weight is 297 g/mol. The van der Waals surface area contributed by atoms with Gasteiger partial charge >= 0.3 is 6.18 Å². The van der Waals surface area contributed by atoms with Crippen molar-refractivity contribution in [1.29, 1.82) is 0 Å². The summed E-state index contributed by atoms with van der Waals surface area (Å²) in [6, 6.07) is 0.161. The number of carbonyl (C=O) groups is 1. The number of amides is 1. The Balaban J connectivity index is 2.31. The summed E-state index contributed by atoms with van der Waals surface area (Å²) >= 11 is 0. The Morgan fingerprint density at radius 3 is 2.60 bits per heavy atom. The number of β-amino-alcohol motifs (C(OH)–C–C–N with tert-alkyl or cyclic N) is 1. The number of aliphatic hydroxyl groups excluding tert-OH is 1. The molecule has 1 heterocycles. The number of piperazine rings is 1. The topological polar surface area (TPSA) is 55.8 Å². The van der Waals surface area contributed by atoms with Gasteiger partial charge in [0.2, 0.25) is 5.91 Å². The molecular formula is C12H22F3N3O2. The van der Waals surface area contributed by atoms with Gasteiger partial charge in [-0.3, -0.25) is 14.6 Å². The van der Waals surface area contributed by atoms with E-state index in [9.17, 15) is 23.1 Å². The second-order valence-electron chi connectivity index (χ2n) is 5.32. The summed E-state index contributed by atoms with van der Waals surface area (Å²) in [5.41, 5.74) is 0. The van der Waals surface area contributed by atoms with Crippen molar-refractivity contribution in [2.75, 3.05) is 39.3 Å². The molecule has 1 saturated heterocycles. The maximum absolute atomic E-state index is 12.0. The van der Waals surface area contributed by atoms with Crippen LogP contribution in [0.25, 0.3) is 0 Å². The van der Waals surface area contributed by atoms with Crippen molar-refractivity contribution in [1.82, 2.24) is 15.1 Å². The molecule has 0 aromatic carbocycles. The van der Waals surface area contributed by atoms with Crippen LogP contribution in [0.1, 0.15) is 13.8 Å². The molecule has 1 aliphatic heterocycles. The molecule has 0 aromatic rings. The van der Waals surface area contributed by atoms with E-state index in [0.717, 1.165) is 0 Å². The molecule has 1 aliphatic rings. The van der Waals surface area contributed by atoms with Crippen molar-refractivity contribution in [2.45, 2.75) is 32.2 Å². The molecular weight excluding hydrogens is 275 g/mol. The van der Waals surface area contributed by atoms with Crippen LogP contribution in [0.2, 0.25) is 0 Å². The average Bonchev–Trinajstić information content (AvgIpc) is 2.29. The van der Waals surface area contributed by atoms with Gasteiger partial charge in [0, 0.05) is 32.2 Å². The van der Waals surface area contributed by atoms with E-state index in [2.05, 4.69) is 4.90 Å². The quantitative estimate of drug-likeness (QED) is 0.753. The fourth-order valence-electron chi connectivity index (χ4n) is 2.28. The Labute approximate surface area is 116 Å². The fraction of sp³-hybridized carbons (Fsp3) is 0.917. The lowest BCUT2D eigenvalue weighted by Gasteiger charge is -2.40. The van der Waals surface area contributed by atoms with Crippen LogP contribution in [0.15, 0.2) is 0 Å². The molecule has 8 heteroatoms. The van der Waals surface area contributed by atoms with E-state index in [1.165, 1.54) is 0 Å². The molecule has 2 atom stereocenters. The van der Waals surface area contributed by atoms with E-state index in [0.29, 0.717) is 26.2 Å². The third kappa shape index (κ3) is 6.53. The van der Waals surface area contributed by atoms with Crippen molar-refractivity contribution in [3.05, 3.63) is 0 Å². The van der Waals surface area contributed by atoms with E-state index in [-0.39, 0.29) is 12.6 Å². The molecule has 0 aromatic heterocycles. The van der Waals surface area contributed by atoms with Gasteiger partial charge in [0.05, 0.1) is 12.6 Å². The Bertz CT molecular complexity index is 324. The van der Waals surface area contributed by atoms with E-state index in [1.807, 2.05) is 17.1 Å². The molecule has 20 heavy (non-hydrogen) atoms. The first kappa shape index (κ1) is 17.2. The summed E-state index contributed by atoms with van der Waals surface area (Å²) in [6.07, 6.45) is -4.79. The third-order valence-electron chi connectivity index (χ3n) is 3.20. The number of nitrogens with zero attached hydrogens (tertiary/aromatic N) is 2. The lowest BCUT2D eigenvalue weighted by molar-refractivity contribution is -0.139. The number of hydrogen-bond donors (Lipinski definition) is 2. The van der Waals surface area contributed by atoms with Gasteiger partial charge in [0.1, 0.15) is 6.54 Å². The number of rotatable bonds is 5. The first-order chi connectivity index (χ1) is 9.17. The van der Waals surface area contributed by atoms with E-state index in [1.54, 1.807) is 6.92 Å². The van der Waals surface area contributed by atoms with Gasteiger partial charge < -0.3 is 10.4 Å². The summed E-state index contributed by atoms with van der Waals surface area (Å²) in [7, 11) is 0. The van der Waals surface area contributed by atoms with Crippen molar-refractivity contribution in [2.24, 2.45) is 0 Å². The molecule has 1 rings (SSSR count). The highest BCUT2D eigenvalue weighted by atomic mass is 19.4. The highest BCUT2D eigenvalue weighted by Gasteiger charge is 2.29. The highest BCUT2D eigenvalue weighted by molar-refractivity contribution is 5.78. The lowest BCUT2D eigenvalue weighted by Crippen LogP contribution is -2.55. The first-order valence-corrected chi connectivity index (χ1v) is 6.65. The Morgan fingerprint density at radius 1 is 1.45 bits per heavy atom. The minimum absolute atomic E-state index is 0.0249. The lowest BCUT2D eigenvalue weighted by atomic mass is 10.1. The zero-order valence-electron chi connectivity index (χ0n) is 11.8. The molecule has 0 aliphatic carbocycles. The molecule has 0 spiro atoms. The summed E-state index contributed by atoms with van der Waals surface area (Å²) in [6.45, 7) is 4.84. The summed E-state index contributed by atoms with van der Waals surface area (Å²) < 4.78 is 35.9. The first-order valence-electron chi connectivity index (χ1n) is 6.65. The largest absolute Gasteiger partial charge is 0.405 e. The molecule has 0 bridgehead atoms. The maximum atomic E-state index is 12.0. The van der Waals surface area contributed by atoms with Crippen LogP contribution in [0, 0.1) is 0 Å². The summed E-state index contributed by atoms with van der Waals surface area (Å²) in [4.78, 5) is 15.4. The van der Waals surface area contributed by atoms with Gasteiger partial charge in [-0.25, -0.2) is 0 Å². The van der Waals surface area contributed by atoms with Crippen molar-refractivity contribution in [3.63, 3.8) is 0 Å². The molecule has 5 nitrogen and oxygen atoms in total. The van der Waals surface area contributed by atoms with Crippen molar-refractivity contribution < 1.29 is 23.1 Å². The zero-order valence-corrected chi connectivity index (χ0v) is 11.8. The second-order valence-corrected chi connectivity index (χ2v) is 5.32. The van der Waals surface area contributed by atoms with Crippen LogP contribution in [0.4, 0.5) is 13.2 Å². The van der Waals surface area contributed by atoms with Gasteiger partial charge in [0.25, 0.3) is 0 Å². The Hall–Kier alpha value is -0.860. The molecule has 0 unspecified atom stereocenters. The SMILES string of the molecule is C[C@@H](O)CN1CCN(CC(=O)NCC(F)(F)F)C[C@@H]1C. The van der Waals surface area contributed by atoms with E-state index < -0.39 is 24.7 Å². The predicted octanol–water partition coefficient (Wildman–Crippen LogP) is 0.0518. The number of hydrogen-bond acceptors (Lipinski definition) is 4. The molecule has 0 saturated carbocycles. The summed E-state index contributed by atoms with van der Waals surface area (Å²) in [5.74, 6) is -0.612. The second kappa shape index (κ2) is 7.24. The number of nitrogens with one attached hydrogen (secondary N) is 1. The van der Waals surface area contributed by atoms with Crippen LogP contribution in [0.5, 0.6) is 0 Å². The molecule has 1 fully saturated rings. The van der Waals surface area contributed by atoms with Crippen LogP contribution >= 0.6 is 0 Å². The Kier molecular flexibility index (Phi) is 6.22. The summed E-state index contributed by atoms with van der Waals surface area (Å²) in [5, 5.41) is 11.2. The van der Waals surface area contributed by atoms with Gasteiger partial charge in [-0.1, -0.05) is 0 Å². The van der Waals surface area contributed by atoms with Crippen molar-refractivity contribution >= 4 is 5.91 Å². The van der Waals surface area contributed by atoms with Gasteiger partial charge in [0.15, 0.2) is 0 Å². The molecule has 118 valence electrons. The monoisotopic (exact) mass is 297 g/mol. The van der Waals surface area contributed by atoms with Crippen LogP contribution in [-0.4, -0.2) is 78.4 Å². The van der Waals surface area contributed by atoms with Gasteiger partial charge in [-0.15, -0.1) is 0 Å². The van der Waals surface area contributed by atoms with Gasteiger partial charge in [-0.2, -0.15) is 13.2 Å². The predicted molar refractivity (Wildman–Crippen MR) is 68.2 cm³/mol. The smallest absolute Gasteiger partial charge is 0.392 e. The fourth-order valence-corrected chi connectivity index (χ4v) is 2.28. The maximum Gasteiger partial charge on any atom is 0.405 e. The zero-order chi connectivity index (χ0) is 15.3. The van der Waals surface area contributed by atoms with Crippen LogP contribution < -0.4 is 5.32 Å². The number of carbonyl (C=O) groups excluding carboxylic acids is 1. The van der Waals surface area contributed by atoms with Crippen molar-refractivity contribution in [3.8, 4) is 0 Å². The number of alkyl halides is 3. The molecule has 2 N–H and O–H groups in total. The van der Waals surface area contributed by atoms with Gasteiger partial charge in [-0.05, 0) is 13.8 Å². The molecule has 0 radical (unpaired) electrons. The standard InChI is InChI=1S/C12H22F3N3O2/c1-9-5-17(3-4-18(9)6-10(2)19)7-11(20)16-8-12(13,14)15/h9-10,19H,3-8H2,1-2H3,(H,16,20)/t9-,10+/m0/s1. The Morgan fingerprint density at radius 2 is 2.10 bits per heavy atom. The van der Waals surface area contributed by atoms with Crippen LogP contribution in [-0.2, 0) is 4.79 Å². The molecule has 1 amide bonds. The highest BCUT2D eigenvalue weighted by Crippen LogP contribution is 2.12. The number of halogens is 3. The minimum atomic E-state index is -4.38.